The molecule has 0 radical (unpaired) electrons. The summed E-state index contributed by atoms with van der Waals surface area (Å²) in [5.41, 5.74) is 6.39. The summed E-state index contributed by atoms with van der Waals surface area (Å²) in [4.78, 5) is 14.3. The molecule has 0 saturated carbocycles. The van der Waals surface area contributed by atoms with Crippen molar-refractivity contribution < 1.29 is 9.53 Å². The van der Waals surface area contributed by atoms with Crippen molar-refractivity contribution in [3.63, 3.8) is 0 Å². The molecule has 2 bridgehead atoms. The van der Waals surface area contributed by atoms with Gasteiger partial charge in [0.15, 0.2) is 0 Å². The Labute approximate surface area is 148 Å². The highest BCUT2D eigenvalue weighted by molar-refractivity contribution is 5.71. The maximum absolute atomic E-state index is 12.4. The van der Waals surface area contributed by atoms with Crippen LogP contribution < -0.4 is 0 Å². The summed E-state index contributed by atoms with van der Waals surface area (Å²) in [6.07, 6.45) is 3.41. The van der Waals surface area contributed by atoms with E-state index in [1.807, 2.05) is 4.90 Å². The summed E-state index contributed by atoms with van der Waals surface area (Å²) in [5.74, 6) is 0.565. The highest BCUT2D eigenvalue weighted by Crippen LogP contribution is 2.49. The number of ether oxygens (including phenoxy) is 1. The van der Waals surface area contributed by atoms with Gasteiger partial charge in [0.1, 0.15) is 6.61 Å². The number of hydrogen-bond donors (Lipinski definition) is 0. The maximum Gasteiger partial charge on any atom is 0.410 e. The number of piperidine rings is 1. The molecule has 0 aromatic heterocycles. The van der Waals surface area contributed by atoms with Gasteiger partial charge < -0.3 is 9.64 Å². The molecular formula is C22H23NO2. The number of rotatable bonds is 3. The van der Waals surface area contributed by atoms with E-state index in [0.717, 1.165) is 19.4 Å². The van der Waals surface area contributed by atoms with Gasteiger partial charge in [0, 0.05) is 6.54 Å². The van der Waals surface area contributed by atoms with Gasteiger partial charge in [0.2, 0.25) is 0 Å². The molecule has 1 amide bonds. The molecule has 3 heteroatoms. The molecule has 2 aliphatic rings. The fourth-order valence-electron chi connectivity index (χ4n) is 4.21. The summed E-state index contributed by atoms with van der Waals surface area (Å²) in [7, 11) is 0. The fourth-order valence-corrected chi connectivity index (χ4v) is 4.21. The third kappa shape index (κ3) is 2.84. The smallest absolute Gasteiger partial charge is 0.410 e. The van der Waals surface area contributed by atoms with Gasteiger partial charge in [-0.3, -0.25) is 0 Å². The van der Waals surface area contributed by atoms with E-state index in [9.17, 15) is 4.79 Å². The van der Waals surface area contributed by atoms with Crippen LogP contribution in [-0.2, 0) is 4.74 Å². The first-order valence-electron chi connectivity index (χ1n) is 8.92. The number of fused-ring (bicyclic) bond motifs is 5. The van der Waals surface area contributed by atoms with Crippen molar-refractivity contribution in [2.75, 3.05) is 13.2 Å². The minimum absolute atomic E-state index is 0.135. The third-order valence-corrected chi connectivity index (χ3v) is 5.40. The highest BCUT2D eigenvalue weighted by atomic mass is 16.6. The molecule has 25 heavy (non-hydrogen) atoms. The molecule has 4 rings (SSSR count). The highest BCUT2D eigenvalue weighted by Gasteiger charge is 2.41. The van der Waals surface area contributed by atoms with E-state index in [-0.39, 0.29) is 18.7 Å². The number of hydrogen-bond acceptors (Lipinski definition) is 2. The van der Waals surface area contributed by atoms with Crippen molar-refractivity contribution >= 4 is 6.09 Å². The Morgan fingerprint density at radius 2 is 2.08 bits per heavy atom. The first kappa shape index (κ1) is 15.9. The first-order valence-corrected chi connectivity index (χ1v) is 8.92. The van der Waals surface area contributed by atoms with E-state index in [2.05, 4.69) is 56.0 Å². The topological polar surface area (TPSA) is 29.5 Å². The zero-order valence-corrected chi connectivity index (χ0v) is 14.6. The van der Waals surface area contributed by atoms with Crippen LogP contribution in [0.4, 0.5) is 4.79 Å². The Kier molecular flexibility index (Phi) is 4.08. The van der Waals surface area contributed by atoms with Crippen molar-refractivity contribution in [2.45, 2.75) is 31.7 Å². The van der Waals surface area contributed by atoms with Gasteiger partial charge >= 0.3 is 6.09 Å². The van der Waals surface area contributed by atoms with E-state index in [4.69, 9.17) is 4.74 Å². The van der Waals surface area contributed by atoms with Gasteiger partial charge in [0.05, 0.1) is 6.04 Å². The summed E-state index contributed by atoms with van der Waals surface area (Å²) >= 11 is 0. The quantitative estimate of drug-likeness (QED) is 0.721. The van der Waals surface area contributed by atoms with Gasteiger partial charge in [-0.25, -0.2) is 4.79 Å². The Morgan fingerprint density at radius 3 is 2.88 bits per heavy atom. The number of aryl methyl sites for hydroxylation is 1. The minimum Gasteiger partial charge on any atom is -0.445 e. The molecule has 1 fully saturated rings. The fraction of sp³-hybridized carbons (Fsp3) is 0.318. The second-order valence-electron chi connectivity index (χ2n) is 7.01. The van der Waals surface area contributed by atoms with Crippen molar-refractivity contribution in [3.05, 3.63) is 71.8 Å². The van der Waals surface area contributed by atoms with Crippen LogP contribution >= 0.6 is 0 Å². The van der Waals surface area contributed by atoms with Crippen LogP contribution in [0.5, 0.6) is 0 Å². The molecule has 0 N–H and O–H groups in total. The molecule has 2 aromatic rings. The lowest BCUT2D eigenvalue weighted by Crippen LogP contribution is -2.37. The summed E-state index contributed by atoms with van der Waals surface area (Å²) in [6.45, 7) is 6.76. The summed E-state index contributed by atoms with van der Waals surface area (Å²) < 4.78 is 5.30. The Bertz CT molecular complexity index is 827. The van der Waals surface area contributed by atoms with E-state index in [0.29, 0.717) is 5.92 Å². The van der Waals surface area contributed by atoms with Gasteiger partial charge in [-0.1, -0.05) is 54.6 Å². The molecule has 0 spiro atoms. The normalized spacial score (nSPS) is 20.9. The van der Waals surface area contributed by atoms with Crippen LogP contribution in [0, 0.1) is 6.92 Å². The Morgan fingerprint density at radius 1 is 1.24 bits per heavy atom. The summed E-state index contributed by atoms with van der Waals surface area (Å²) in [6, 6.07) is 15.4. The van der Waals surface area contributed by atoms with Gasteiger partial charge in [0.25, 0.3) is 0 Å². The van der Waals surface area contributed by atoms with E-state index in [1.165, 1.54) is 27.8 Å². The van der Waals surface area contributed by atoms with Gasteiger partial charge in [-0.15, -0.1) is 0 Å². The van der Waals surface area contributed by atoms with E-state index < -0.39 is 0 Å². The van der Waals surface area contributed by atoms with E-state index >= 15 is 0 Å². The molecule has 2 atom stereocenters. The van der Waals surface area contributed by atoms with Crippen LogP contribution in [0.15, 0.2) is 55.1 Å². The van der Waals surface area contributed by atoms with Crippen LogP contribution in [0.1, 0.15) is 41.5 Å². The van der Waals surface area contributed by atoms with Crippen molar-refractivity contribution in [3.8, 4) is 11.1 Å². The van der Waals surface area contributed by atoms with E-state index in [1.54, 1.807) is 6.08 Å². The number of carbonyl (C=O) groups is 1. The maximum atomic E-state index is 12.4. The molecule has 1 saturated heterocycles. The standard InChI is InChI=1S/C22H23NO2/c1-3-11-25-22(24)23-10-9-18-14-21(23)20-13-17(7-8-19(18)20)16-6-4-5-15(2)12-16/h3-8,12-13,18,21H,1,9-11,14H2,2H3/t18?,21-/m1/s1. The summed E-state index contributed by atoms with van der Waals surface area (Å²) in [5, 5.41) is 0. The molecule has 128 valence electrons. The van der Waals surface area contributed by atoms with Gasteiger partial charge in [-0.05, 0) is 54.0 Å². The second kappa shape index (κ2) is 6.40. The average molecular weight is 333 g/mol. The predicted octanol–water partition coefficient (Wildman–Crippen LogP) is 5.22. The number of nitrogens with zero attached hydrogens (tertiary/aromatic N) is 1. The first-order chi connectivity index (χ1) is 12.2. The molecule has 2 aromatic carbocycles. The van der Waals surface area contributed by atoms with Gasteiger partial charge in [-0.2, -0.15) is 0 Å². The predicted molar refractivity (Wildman–Crippen MR) is 99.6 cm³/mol. The number of amides is 1. The van der Waals surface area contributed by atoms with Crippen LogP contribution in [0.25, 0.3) is 11.1 Å². The average Bonchev–Trinajstić information content (AvgIpc) is 2.92. The van der Waals surface area contributed by atoms with Crippen LogP contribution in [-0.4, -0.2) is 24.1 Å². The number of benzene rings is 2. The lowest BCUT2D eigenvalue weighted by molar-refractivity contribution is 0.0824. The molecule has 1 heterocycles. The largest absolute Gasteiger partial charge is 0.445 e. The molecule has 1 aliphatic heterocycles. The minimum atomic E-state index is -0.225. The van der Waals surface area contributed by atoms with Crippen molar-refractivity contribution in [1.82, 2.24) is 4.90 Å². The third-order valence-electron chi connectivity index (χ3n) is 5.40. The second-order valence-corrected chi connectivity index (χ2v) is 7.01. The Hall–Kier alpha value is -2.55. The molecule has 3 nitrogen and oxygen atoms in total. The van der Waals surface area contributed by atoms with Crippen LogP contribution in [0.2, 0.25) is 0 Å². The number of carbonyl (C=O) groups excluding carboxylic acids is 1. The lowest BCUT2D eigenvalue weighted by Gasteiger charge is -2.32. The number of likely N-dealkylation sites (tertiary alicyclic amines) is 1. The monoisotopic (exact) mass is 333 g/mol. The molecule has 1 unspecified atom stereocenters. The Balaban J connectivity index is 1.68. The van der Waals surface area contributed by atoms with Crippen molar-refractivity contribution in [1.29, 1.82) is 0 Å². The SMILES string of the molecule is C=CCOC(=O)N1CCC2C[C@@H]1c1cc(-c3cccc(C)c3)ccc12. The molecule has 1 aliphatic carbocycles. The zero-order chi connectivity index (χ0) is 17.4. The molecular weight excluding hydrogens is 310 g/mol. The lowest BCUT2D eigenvalue weighted by atomic mass is 9.95. The van der Waals surface area contributed by atoms with Crippen LogP contribution in [0.3, 0.4) is 0 Å². The van der Waals surface area contributed by atoms with Crippen molar-refractivity contribution in [2.24, 2.45) is 0 Å². The zero-order valence-electron chi connectivity index (χ0n) is 14.6.